The van der Waals surface area contributed by atoms with Crippen molar-refractivity contribution in [3.05, 3.63) is 127 Å². The molecule has 0 aliphatic carbocycles. The zero-order valence-electron chi connectivity index (χ0n) is 22.0. The number of fused-ring (bicyclic) bond motifs is 1. The molecule has 0 amide bonds. The van der Waals surface area contributed by atoms with E-state index in [0.717, 1.165) is 34.2 Å². The van der Waals surface area contributed by atoms with Crippen LogP contribution in [0.1, 0.15) is 11.1 Å². The molecular weight excluding hydrogens is 500 g/mol. The van der Waals surface area contributed by atoms with Crippen LogP contribution in [0, 0.1) is 0 Å². The smallest absolute Gasteiger partial charge is 0.306 e. The fourth-order valence-electron chi connectivity index (χ4n) is 4.58. The molecule has 39 heavy (non-hydrogen) atoms. The van der Waals surface area contributed by atoms with Crippen LogP contribution in [-0.2, 0) is 12.3 Å². The Balaban J connectivity index is 1.15. The minimum absolute atomic E-state index is 0.735. The van der Waals surface area contributed by atoms with Crippen LogP contribution in [0.4, 0.5) is 5.69 Å². The van der Waals surface area contributed by atoms with Gasteiger partial charge in [0.05, 0.1) is 6.54 Å². The summed E-state index contributed by atoms with van der Waals surface area (Å²) in [5.74, 6) is 0.871. The molecule has 192 valence electrons. The van der Waals surface area contributed by atoms with Gasteiger partial charge in [-0.3, -0.25) is 4.98 Å². The summed E-state index contributed by atoms with van der Waals surface area (Å²) in [6, 6.07) is 32.1. The molecule has 3 aromatic heterocycles. The van der Waals surface area contributed by atoms with Gasteiger partial charge in [0.2, 0.25) is 11.2 Å². The van der Waals surface area contributed by atoms with Crippen LogP contribution < -0.4 is 14.0 Å². The molecule has 7 heteroatoms. The Labute approximate surface area is 232 Å². The van der Waals surface area contributed by atoms with Crippen molar-refractivity contribution in [3.8, 4) is 16.8 Å². The first-order valence-corrected chi connectivity index (χ1v) is 13.9. The Bertz CT molecular complexity index is 1680. The molecular formula is C32H30N6S+2. The first kappa shape index (κ1) is 24.8. The SMILES string of the molecule is CN(C)c1cc[n+](-c2ccc(-c3ccc(C[n+]4c[nH]c5c(SCc6ccccc6)ncnc54)cc3)cc2)cc1. The van der Waals surface area contributed by atoms with E-state index < -0.39 is 0 Å². The molecule has 0 fully saturated rings. The van der Waals surface area contributed by atoms with E-state index in [9.17, 15) is 0 Å². The molecule has 0 aliphatic rings. The van der Waals surface area contributed by atoms with Crippen molar-refractivity contribution < 1.29 is 9.13 Å². The third-order valence-electron chi connectivity index (χ3n) is 6.78. The van der Waals surface area contributed by atoms with Gasteiger partial charge in [-0.2, -0.15) is 4.57 Å². The average molecular weight is 531 g/mol. The van der Waals surface area contributed by atoms with Gasteiger partial charge in [0.1, 0.15) is 5.03 Å². The molecule has 0 saturated heterocycles. The largest absolute Gasteiger partial charge is 0.377 e. The first-order chi connectivity index (χ1) is 19.1. The Morgan fingerprint density at radius 1 is 0.769 bits per heavy atom. The first-order valence-electron chi connectivity index (χ1n) is 12.9. The number of imidazole rings is 1. The van der Waals surface area contributed by atoms with E-state index in [4.69, 9.17) is 0 Å². The van der Waals surface area contributed by atoms with Crippen LogP contribution in [0.2, 0.25) is 0 Å². The van der Waals surface area contributed by atoms with Crippen LogP contribution in [0.25, 0.3) is 28.0 Å². The highest BCUT2D eigenvalue weighted by Gasteiger charge is 2.17. The van der Waals surface area contributed by atoms with E-state index in [0.29, 0.717) is 0 Å². The highest BCUT2D eigenvalue weighted by molar-refractivity contribution is 7.98. The van der Waals surface area contributed by atoms with Crippen molar-refractivity contribution in [2.24, 2.45) is 0 Å². The number of thioether (sulfide) groups is 1. The third kappa shape index (κ3) is 5.54. The molecule has 0 saturated carbocycles. The van der Waals surface area contributed by atoms with Crippen molar-refractivity contribution in [2.75, 3.05) is 19.0 Å². The van der Waals surface area contributed by atoms with Crippen LogP contribution in [0.3, 0.4) is 0 Å². The van der Waals surface area contributed by atoms with Gasteiger partial charge in [0, 0.05) is 49.8 Å². The maximum absolute atomic E-state index is 4.57. The van der Waals surface area contributed by atoms with Gasteiger partial charge in [-0.25, -0.2) is 9.55 Å². The van der Waals surface area contributed by atoms with Crippen LogP contribution in [0.5, 0.6) is 0 Å². The van der Waals surface area contributed by atoms with Crippen molar-refractivity contribution in [1.82, 2.24) is 15.0 Å². The van der Waals surface area contributed by atoms with Crippen LogP contribution >= 0.6 is 11.8 Å². The number of pyridine rings is 1. The zero-order valence-corrected chi connectivity index (χ0v) is 22.8. The normalized spacial score (nSPS) is 11.1. The van der Waals surface area contributed by atoms with E-state index in [1.54, 1.807) is 18.1 Å². The molecule has 0 aliphatic heterocycles. The van der Waals surface area contributed by atoms with Gasteiger partial charge in [-0.15, -0.1) is 0 Å². The summed E-state index contributed by atoms with van der Waals surface area (Å²) in [5, 5.41) is 0.966. The maximum atomic E-state index is 4.57. The van der Waals surface area contributed by atoms with Gasteiger partial charge in [-0.05, 0) is 34.4 Å². The lowest BCUT2D eigenvalue weighted by atomic mass is 10.0. The fraction of sp³-hybridized carbons (Fsp3) is 0.125. The number of hydrogen-bond acceptors (Lipinski definition) is 4. The molecule has 6 rings (SSSR count). The fourth-order valence-corrected chi connectivity index (χ4v) is 5.49. The van der Waals surface area contributed by atoms with Gasteiger partial charge >= 0.3 is 5.65 Å². The number of nitrogens with zero attached hydrogens (tertiary/aromatic N) is 5. The monoisotopic (exact) mass is 530 g/mol. The Morgan fingerprint density at radius 2 is 1.46 bits per heavy atom. The molecule has 0 radical (unpaired) electrons. The molecule has 3 heterocycles. The summed E-state index contributed by atoms with van der Waals surface area (Å²) in [5.41, 5.74) is 9.10. The molecule has 6 aromatic rings. The molecule has 0 bridgehead atoms. The molecule has 0 spiro atoms. The molecule has 0 atom stereocenters. The van der Waals surface area contributed by atoms with Gasteiger partial charge in [-0.1, -0.05) is 71.3 Å². The number of H-pyrrole nitrogens is 1. The lowest BCUT2D eigenvalue weighted by Crippen LogP contribution is -2.33. The number of aromatic nitrogens is 5. The average Bonchev–Trinajstić information content (AvgIpc) is 3.40. The summed E-state index contributed by atoms with van der Waals surface area (Å²) in [7, 11) is 4.10. The van der Waals surface area contributed by atoms with Crippen LogP contribution in [-0.4, -0.2) is 29.0 Å². The highest BCUT2D eigenvalue weighted by Crippen LogP contribution is 2.25. The second-order valence-corrected chi connectivity index (χ2v) is 10.6. The standard InChI is InChI=1S/C32H29N6S/c1-36(2)28-16-18-37(19-17-28)29-14-12-27(13-15-29)26-10-8-24(9-11-26)20-38-23-35-30-31(38)33-22-34-32(30)39-21-25-6-4-3-5-7-25/h3-19,22-23H,20-21H2,1-2H3/q+1/p+1. The molecule has 1 N–H and O–H groups in total. The third-order valence-corrected chi connectivity index (χ3v) is 7.84. The molecule has 0 unspecified atom stereocenters. The maximum Gasteiger partial charge on any atom is 0.306 e. The Hall–Kier alpha value is -4.49. The summed E-state index contributed by atoms with van der Waals surface area (Å²) in [6.07, 6.45) is 7.83. The van der Waals surface area contributed by atoms with Gasteiger partial charge < -0.3 is 4.90 Å². The predicted molar refractivity (Wildman–Crippen MR) is 157 cm³/mol. The summed E-state index contributed by atoms with van der Waals surface area (Å²) in [4.78, 5) is 14.6. The predicted octanol–water partition coefficient (Wildman–Crippen LogP) is 5.60. The number of aromatic amines is 1. The second-order valence-electron chi connectivity index (χ2n) is 9.65. The molecule has 3 aromatic carbocycles. The Kier molecular flexibility index (Phi) is 7.06. The highest BCUT2D eigenvalue weighted by atomic mass is 32.2. The number of anilines is 1. The van der Waals surface area contributed by atoms with E-state index in [-0.39, 0.29) is 0 Å². The summed E-state index contributed by atoms with van der Waals surface area (Å²) >= 11 is 1.72. The van der Waals surface area contributed by atoms with Crippen molar-refractivity contribution >= 4 is 28.6 Å². The summed E-state index contributed by atoms with van der Waals surface area (Å²) < 4.78 is 4.28. The van der Waals surface area contributed by atoms with E-state index in [1.165, 1.54) is 27.9 Å². The van der Waals surface area contributed by atoms with Gasteiger partial charge in [0.15, 0.2) is 25.0 Å². The quantitative estimate of drug-likeness (QED) is 0.158. The summed E-state index contributed by atoms with van der Waals surface area (Å²) in [6.45, 7) is 0.735. The van der Waals surface area contributed by atoms with E-state index >= 15 is 0 Å². The topological polar surface area (TPSA) is 52.6 Å². The molecule has 6 nitrogen and oxygen atoms in total. The zero-order chi connectivity index (χ0) is 26.6. The lowest BCUT2D eigenvalue weighted by molar-refractivity contribution is -0.664. The van der Waals surface area contributed by atoms with Crippen molar-refractivity contribution in [1.29, 1.82) is 0 Å². The van der Waals surface area contributed by atoms with Crippen molar-refractivity contribution in [3.63, 3.8) is 0 Å². The number of hydrogen-bond donors (Lipinski definition) is 1. The number of nitrogens with one attached hydrogen (secondary N) is 1. The lowest BCUT2D eigenvalue weighted by Gasteiger charge is -2.10. The van der Waals surface area contributed by atoms with E-state index in [1.807, 2.05) is 12.4 Å². The van der Waals surface area contributed by atoms with Crippen molar-refractivity contribution in [2.45, 2.75) is 17.3 Å². The van der Waals surface area contributed by atoms with E-state index in [2.05, 4.69) is 140 Å². The minimum atomic E-state index is 0.735. The minimum Gasteiger partial charge on any atom is -0.377 e. The Morgan fingerprint density at radius 3 is 2.15 bits per heavy atom. The van der Waals surface area contributed by atoms with Gasteiger partial charge in [0.25, 0.3) is 0 Å². The second kappa shape index (κ2) is 11.1. The number of rotatable bonds is 8. The van der Waals surface area contributed by atoms with Crippen LogP contribution in [0.15, 0.2) is 121 Å². The number of benzene rings is 3.